The molecule has 5 nitrogen and oxygen atoms in total. The highest BCUT2D eigenvalue weighted by Gasteiger charge is 2.12. The van der Waals surface area contributed by atoms with E-state index in [1.807, 2.05) is 49.4 Å². The number of hydrogen-bond donors (Lipinski definition) is 1. The van der Waals surface area contributed by atoms with Gasteiger partial charge in [-0.05, 0) is 31.5 Å². The van der Waals surface area contributed by atoms with Crippen molar-refractivity contribution in [3.8, 4) is 11.4 Å². The lowest BCUT2D eigenvalue weighted by molar-refractivity contribution is 0.619. The molecule has 0 aliphatic carbocycles. The summed E-state index contributed by atoms with van der Waals surface area (Å²) in [6, 6.07) is 16.6. The second-order valence-corrected chi connectivity index (χ2v) is 5.88. The Balaban J connectivity index is 1.80. The molecule has 0 fully saturated rings. The molecule has 2 aromatic heterocycles. The van der Waals surface area contributed by atoms with Crippen molar-refractivity contribution in [2.75, 3.05) is 5.32 Å². The molecule has 0 saturated heterocycles. The Morgan fingerprint density at radius 2 is 1.76 bits per heavy atom. The smallest absolute Gasteiger partial charge is 0.254 e. The van der Waals surface area contributed by atoms with Gasteiger partial charge in [-0.1, -0.05) is 36.4 Å². The van der Waals surface area contributed by atoms with Crippen molar-refractivity contribution in [1.82, 2.24) is 19.6 Å². The van der Waals surface area contributed by atoms with Gasteiger partial charge in [0.05, 0.1) is 0 Å². The van der Waals surface area contributed by atoms with Crippen LogP contribution in [0.25, 0.3) is 17.2 Å². The van der Waals surface area contributed by atoms with E-state index in [1.54, 1.807) is 17.5 Å². The van der Waals surface area contributed by atoms with Crippen LogP contribution in [-0.2, 0) is 0 Å². The Morgan fingerprint density at radius 1 is 0.960 bits per heavy atom. The first-order chi connectivity index (χ1) is 12.1. The van der Waals surface area contributed by atoms with Crippen molar-refractivity contribution in [2.45, 2.75) is 13.8 Å². The van der Waals surface area contributed by atoms with Gasteiger partial charge in [0.1, 0.15) is 11.6 Å². The van der Waals surface area contributed by atoms with Crippen LogP contribution in [0.4, 0.5) is 15.9 Å². The zero-order chi connectivity index (χ0) is 17.4. The zero-order valence-electron chi connectivity index (χ0n) is 13.9. The van der Waals surface area contributed by atoms with E-state index in [-0.39, 0.29) is 5.82 Å². The summed E-state index contributed by atoms with van der Waals surface area (Å²) in [6.07, 6.45) is 0. The number of fused-ring (bicyclic) bond motifs is 1. The lowest BCUT2D eigenvalue weighted by Crippen LogP contribution is -2.03. The number of nitrogens with zero attached hydrogens (tertiary/aromatic N) is 4. The number of aromatic nitrogens is 4. The van der Waals surface area contributed by atoms with Crippen LogP contribution in [-0.4, -0.2) is 19.6 Å². The highest BCUT2D eigenvalue weighted by Crippen LogP contribution is 2.22. The number of benzene rings is 2. The predicted molar refractivity (Wildman–Crippen MR) is 95.4 cm³/mol. The molecule has 6 heteroatoms. The normalized spacial score (nSPS) is 11.0. The topological polar surface area (TPSA) is 55.1 Å². The molecule has 0 bridgehead atoms. The summed E-state index contributed by atoms with van der Waals surface area (Å²) in [6.45, 7) is 3.62. The van der Waals surface area contributed by atoms with E-state index in [0.29, 0.717) is 28.7 Å². The van der Waals surface area contributed by atoms with Crippen molar-refractivity contribution in [1.29, 1.82) is 0 Å². The predicted octanol–water partition coefficient (Wildman–Crippen LogP) is 4.29. The largest absolute Gasteiger partial charge is 0.340 e. The molecule has 0 radical (unpaired) electrons. The van der Waals surface area contributed by atoms with Gasteiger partial charge in [-0.15, -0.1) is 5.10 Å². The number of aryl methyl sites for hydroxylation is 2. The molecule has 0 spiro atoms. The van der Waals surface area contributed by atoms with Crippen LogP contribution in [0.15, 0.2) is 54.6 Å². The van der Waals surface area contributed by atoms with Gasteiger partial charge in [0.15, 0.2) is 5.82 Å². The fourth-order valence-electron chi connectivity index (χ4n) is 2.60. The molecule has 25 heavy (non-hydrogen) atoms. The van der Waals surface area contributed by atoms with Gasteiger partial charge in [0.2, 0.25) is 0 Å². The maximum Gasteiger partial charge on any atom is 0.254 e. The molecule has 2 heterocycles. The minimum atomic E-state index is -0.254. The molecule has 0 aliphatic heterocycles. The van der Waals surface area contributed by atoms with Gasteiger partial charge >= 0.3 is 0 Å². The molecule has 0 unspecified atom stereocenters. The molecule has 0 aliphatic rings. The van der Waals surface area contributed by atoms with Gasteiger partial charge in [-0.3, -0.25) is 0 Å². The molecule has 4 aromatic rings. The van der Waals surface area contributed by atoms with Gasteiger partial charge in [-0.25, -0.2) is 9.37 Å². The third-order valence-electron chi connectivity index (χ3n) is 3.92. The third kappa shape index (κ3) is 2.94. The lowest BCUT2D eigenvalue weighted by Gasteiger charge is -2.09. The highest BCUT2D eigenvalue weighted by molar-refractivity contribution is 5.62. The number of halogens is 1. The maximum atomic E-state index is 13.8. The molecule has 2 aromatic carbocycles. The standard InChI is InChI=1S/C19H16FN5/c1-12-8-9-15(11-16(12)20)22-17-10-13(2)21-19-23-18(24-25(17)19)14-6-4-3-5-7-14/h3-11,22H,1-2H3. The second kappa shape index (κ2) is 5.98. The Bertz CT molecular complexity index is 1060. The number of nitrogens with one attached hydrogen (secondary N) is 1. The second-order valence-electron chi connectivity index (χ2n) is 5.88. The number of hydrogen-bond acceptors (Lipinski definition) is 4. The Morgan fingerprint density at radius 3 is 2.52 bits per heavy atom. The molecular weight excluding hydrogens is 317 g/mol. The summed E-state index contributed by atoms with van der Waals surface area (Å²) >= 11 is 0. The molecule has 124 valence electrons. The first-order valence-electron chi connectivity index (χ1n) is 7.93. The zero-order valence-corrected chi connectivity index (χ0v) is 13.9. The molecule has 0 amide bonds. The van der Waals surface area contributed by atoms with Crippen molar-refractivity contribution < 1.29 is 4.39 Å². The molecular formula is C19H16FN5. The number of rotatable bonds is 3. The van der Waals surface area contributed by atoms with Crippen molar-refractivity contribution in [3.63, 3.8) is 0 Å². The van der Waals surface area contributed by atoms with Crippen molar-refractivity contribution in [2.24, 2.45) is 0 Å². The Kier molecular flexibility index (Phi) is 3.65. The Hall–Kier alpha value is -3.28. The first-order valence-corrected chi connectivity index (χ1v) is 7.93. The van der Waals surface area contributed by atoms with E-state index in [1.165, 1.54) is 6.07 Å². The van der Waals surface area contributed by atoms with Crippen LogP contribution < -0.4 is 5.32 Å². The third-order valence-corrected chi connectivity index (χ3v) is 3.92. The first kappa shape index (κ1) is 15.3. The molecule has 0 atom stereocenters. The summed E-state index contributed by atoms with van der Waals surface area (Å²) in [4.78, 5) is 8.94. The summed E-state index contributed by atoms with van der Waals surface area (Å²) in [5.74, 6) is 1.52. The molecule has 4 rings (SSSR count). The average molecular weight is 333 g/mol. The van der Waals surface area contributed by atoms with E-state index in [0.717, 1.165) is 11.3 Å². The summed E-state index contributed by atoms with van der Waals surface area (Å²) in [7, 11) is 0. The lowest BCUT2D eigenvalue weighted by atomic mass is 10.2. The summed E-state index contributed by atoms with van der Waals surface area (Å²) < 4.78 is 15.4. The van der Waals surface area contributed by atoms with Crippen LogP contribution in [0, 0.1) is 19.7 Å². The van der Waals surface area contributed by atoms with E-state index < -0.39 is 0 Å². The fourth-order valence-corrected chi connectivity index (χ4v) is 2.60. The van der Waals surface area contributed by atoms with Crippen molar-refractivity contribution >= 4 is 17.3 Å². The van der Waals surface area contributed by atoms with E-state index in [2.05, 4.69) is 20.4 Å². The monoisotopic (exact) mass is 333 g/mol. The van der Waals surface area contributed by atoms with Crippen LogP contribution in [0.5, 0.6) is 0 Å². The van der Waals surface area contributed by atoms with Crippen LogP contribution in [0.2, 0.25) is 0 Å². The van der Waals surface area contributed by atoms with E-state index in [4.69, 9.17) is 0 Å². The van der Waals surface area contributed by atoms with Gasteiger partial charge < -0.3 is 5.32 Å². The van der Waals surface area contributed by atoms with Crippen LogP contribution in [0.1, 0.15) is 11.3 Å². The van der Waals surface area contributed by atoms with Crippen LogP contribution in [0.3, 0.4) is 0 Å². The highest BCUT2D eigenvalue weighted by atomic mass is 19.1. The van der Waals surface area contributed by atoms with Crippen molar-refractivity contribution in [3.05, 3.63) is 71.7 Å². The summed E-state index contributed by atoms with van der Waals surface area (Å²) in [5.41, 5.74) is 2.97. The minimum absolute atomic E-state index is 0.254. The molecule has 0 saturated carbocycles. The summed E-state index contributed by atoms with van der Waals surface area (Å²) in [5, 5.41) is 7.75. The minimum Gasteiger partial charge on any atom is -0.340 e. The quantitative estimate of drug-likeness (QED) is 0.608. The maximum absolute atomic E-state index is 13.8. The van der Waals surface area contributed by atoms with E-state index >= 15 is 0 Å². The van der Waals surface area contributed by atoms with Gasteiger partial charge in [-0.2, -0.15) is 9.50 Å². The Labute approximate surface area is 144 Å². The SMILES string of the molecule is Cc1cc(Nc2ccc(C)c(F)c2)n2nc(-c3ccccc3)nc2n1. The molecule has 1 N–H and O–H groups in total. The fraction of sp³-hybridized carbons (Fsp3) is 0.105. The average Bonchev–Trinajstić information content (AvgIpc) is 3.03. The number of anilines is 2. The van der Waals surface area contributed by atoms with Gasteiger partial charge in [0.25, 0.3) is 5.78 Å². The van der Waals surface area contributed by atoms with Crippen LogP contribution >= 0.6 is 0 Å². The van der Waals surface area contributed by atoms with E-state index in [9.17, 15) is 4.39 Å². The van der Waals surface area contributed by atoms with Gasteiger partial charge in [0, 0.05) is 23.0 Å².